The fraction of sp³-hybridized carbons (Fsp3) is 0.259. The second-order valence-electron chi connectivity index (χ2n) is 7.79. The van der Waals surface area contributed by atoms with Crippen molar-refractivity contribution in [2.24, 2.45) is 11.1 Å². The molecule has 0 spiro atoms. The number of hydrogen-bond donors (Lipinski definition) is 1. The Morgan fingerprint density at radius 1 is 0.906 bits per heavy atom. The van der Waals surface area contributed by atoms with Crippen molar-refractivity contribution in [2.75, 3.05) is 6.61 Å². The summed E-state index contributed by atoms with van der Waals surface area (Å²) in [7, 11) is 0. The van der Waals surface area contributed by atoms with Gasteiger partial charge in [-0.25, -0.2) is 0 Å². The third-order valence-corrected chi connectivity index (χ3v) is 5.64. The number of nitrogens with zero attached hydrogens (tertiary/aromatic N) is 1. The molecule has 5 nitrogen and oxygen atoms in total. The Labute approximate surface area is 189 Å². The number of piperidine rings is 1. The SMILES string of the molecule is CCOC(=O)C1/C(=N/OCc2ccccc2)CC(c2ccccc2)NC1c1ccccc1. The summed E-state index contributed by atoms with van der Waals surface area (Å²) in [6.07, 6.45) is 0.561. The van der Waals surface area contributed by atoms with Gasteiger partial charge in [-0.15, -0.1) is 0 Å². The van der Waals surface area contributed by atoms with Gasteiger partial charge in [-0.2, -0.15) is 0 Å². The maximum Gasteiger partial charge on any atom is 0.316 e. The van der Waals surface area contributed by atoms with Crippen LogP contribution in [0.2, 0.25) is 0 Å². The van der Waals surface area contributed by atoms with Crippen molar-refractivity contribution in [3.05, 3.63) is 108 Å². The Balaban J connectivity index is 1.68. The van der Waals surface area contributed by atoms with E-state index in [1.165, 1.54) is 0 Å². The predicted molar refractivity (Wildman–Crippen MR) is 125 cm³/mol. The number of hydrogen-bond acceptors (Lipinski definition) is 5. The molecule has 1 N–H and O–H groups in total. The van der Waals surface area contributed by atoms with Gasteiger partial charge in [-0.05, 0) is 23.6 Å². The minimum Gasteiger partial charge on any atom is -0.465 e. The molecule has 0 amide bonds. The highest BCUT2D eigenvalue weighted by Crippen LogP contribution is 2.36. The van der Waals surface area contributed by atoms with E-state index < -0.39 is 5.92 Å². The molecule has 1 saturated heterocycles. The maximum absolute atomic E-state index is 13.1. The monoisotopic (exact) mass is 428 g/mol. The van der Waals surface area contributed by atoms with Gasteiger partial charge in [0.25, 0.3) is 0 Å². The molecular weight excluding hydrogens is 400 g/mol. The lowest BCUT2D eigenvalue weighted by molar-refractivity contribution is -0.147. The van der Waals surface area contributed by atoms with E-state index in [2.05, 4.69) is 22.6 Å². The highest BCUT2D eigenvalue weighted by atomic mass is 16.6. The summed E-state index contributed by atoms with van der Waals surface area (Å²) in [5.41, 5.74) is 3.88. The molecule has 0 bridgehead atoms. The van der Waals surface area contributed by atoms with E-state index in [1.54, 1.807) is 0 Å². The first-order chi connectivity index (χ1) is 15.8. The van der Waals surface area contributed by atoms with E-state index in [0.717, 1.165) is 16.7 Å². The maximum atomic E-state index is 13.1. The van der Waals surface area contributed by atoms with Crippen LogP contribution in [0.3, 0.4) is 0 Å². The molecule has 5 heteroatoms. The van der Waals surface area contributed by atoms with Gasteiger partial charge in [0.1, 0.15) is 12.5 Å². The zero-order valence-corrected chi connectivity index (χ0v) is 18.2. The highest BCUT2D eigenvalue weighted by Gasteiger charge is 2.42. The molecule has 3 atom stereocenters. The normalized spacial score (nSPS) is 21.8. The average molecular weight is 429 g/mol. The van der Waals surface area contributed by atoms with E-state index in [-0.39, 0.29) is 18.1 Å². The Bertz CT molecular complexity index is 1020. The fourth-order valence-electron chi connectivity index (χ4n) is 4.11. The predicted octanol–water partition coefficient (Wildman–Crippen LogP) is 5.21. The zero-order valence-electron chi connectivity index (χ0n) is 18.2. The Kier molecular flexibility index (Phi) is 7.31. The number of esters is 1. The van der Waals surface area contributed by atoms with Crippen LogP contribution in [0, 0.1) is 5.92 Å². The Morgan fingerprint density at radius 3 is 2.12 bits per heavy atom. The number of carbonyl (C=O) groups is 1. The molecule has 3 unspecified atom stereocenters. The molecule has 164 valence electrons. The van der Waals surface area contributed by atoms with Gasteiger partial charge >= 0.3 is 5.97 Å². The minimum atomic E-state index is -0.562. The van der Waals surface area contributed by atoms with E-state index in [0.29, 0.717) is 25.3 Å². The van der Waals surface area contributed by atoms with E-state index >= 15 is 0 Å². The lowest BCUT2D eigenvalue weighted by Crippen LogP contribution is -2.46. The van der Waals surface area contributed by atoms with Gasteiger partial charge in [0.05, 0.1) is 18.4 Å². The molecule has 0 saturated carbocycles. The van der Waals surface area contributed by atoms with Gasteiger partial charge in [0, 0.05) is 12.5 Å². The molecule has 0 radical (unpaired) electrons. The van der Waals surface area contributed by atoms with Crippen molar-refractivity contribution < 1.29 is 14.4 Å². The van der Waals surface area contributed by atoms with E-state index in [9.17, 15) is 4.79 Å². The quantitative estimate of drug-likeness (QED) is 0.414. The van der Waals surface area contributed by atoms with Gasteiger partial charge < -0.3 is 14.9 Å². The molecule has 3 aromatic carbocycles. The highest BCUT2D eigenvalue weighted by molar-refractivity contribution is 6.03. The molecule has 1 heterocycles. The summed E-state index contributed by atoms with van der Waals surface area (Å²) >= 11 is 0. The lowest BCUT2D eigenvalue weighted by atomic mass is 9.80. The molecule has 1 fully saturated rings. The number of oxime groups is 1. The molecule has 3 aromatic rings. The summed E-state index contributed by atoms with van der Waals surface area (Å²) in [5, 5.41) is 8.17. The first kappa shape index (κ1) is 21.8. The van der Waals surface area contributed by atoms with Crippen molar-refractivity contribution in [3.8, 4) is 0 Å². The first-order valence-corrected chi connectivity index (χ1v) is 11.0. The minimum absolute atomic E-state index is 0.00570. The van der Waals surface area contributed by atoms with Crippen molar-refractivity contribution >= 4 is 11.7 Å². The van der Waals surface area contributed by atoms with E-state index in [4.69, 9.17) is 9.57 Å². The second-order valence-corrected chi connectivity index (χ2v) is 7.79. The van der Waals surface area contributed by atoms with Crippen LogP contribution in [0.25, 0.3) is 0 Å². The smallest absolute Gasteiger partial charge is 0.316 e. The Morgan fingerprint density at radius 2 is 1.50 bits per heavy atom. The van der Waals surface area contributed by atoms with Crippen LogP contribution >= 0.6 is 0 Å². The first-order valence-electron chi connectivity index (χ1n) is 11.0. The number of carbonyl (C=O) groups excluding carboxylic acids is 1. The number of rotatable bonds is 7. The summed E-state index contributed by atoms with van der Waals surface area (Å²) < 4.78 is 5.45. The molecule has 0 aromatic heterocycles. The van der Waals surface area contributed by atoms with Crippen LogP contribution < -0.4 is 5.32 Å². The summed E-state index contributed by atoms with van der Waals surface area (Å²) in [5.74, 6) is -0.851. The third-order valence-electron chi connectivity index (χ3n) is 5.64. The summed E-state index contributed by atoms with van der Waals surface area (Å²) in [6.45, 7) is 2.48. The summed E-state index contributed by atoms with van der Waals surface area (Å²) in [6, 6.07) is 29.8. The molecule has 1 aliphatic heterocycles. The largest absolute Gasteiger partial charge is 0.465 e. The van der Waals surface area contributed by atoms with Crippen LogP contribution in [0.1, 0.15) is 42.1 Å². The average Bonchev–Trinajstić information content (AvgIpc) is 2.85. The van der Waals surface area contributed by atoms with Crippen LogP contribution in [0.5, 0.6) is 0 Å². The van der Waals surface area contributed by atoms with Crippen LogP contribution in [-0.4, -0.2) is 18.3 Å². The van der Waals surface area contributed by atoms with Crippen LogP contribution in [0.15, 0.2) is 96.2 Å². The Hall–Kier alpha value is -3.44. The van der Waals surface area contributed by atoms with E-state index in [1.807, 2.05) is 85.8 Å². The van der Waals surface area contributed by atoms with Gasteiger partial charge in [-0.1, -0.05) is 96.2 Å². The second kappa shape index (κ2) is 10.7. The fourth-order valence-corrected chi connectivity index (χ4v) is 4.11. The lowest BCUT2D eigenvalue weighted by Gasteiger charge is -2.37. The number of nitrogens with one attached hydrogen (secondary N) is 1. The van der Waals surface area contributed by atoms with Gasteiger partial charge in [0.15, 0.2) is 0 Å². The molecule has 1 aliphatic rings. The van der Waals surface area contributed by atoms with Crippen molar-refractivity contribution in [3.63, 3.8) is 0 Å². The number of benzene rings is 3. The molecular formula is C27H28N2O3. The summed E-state index contributed by atoms with van der Waals surface area (Å²) in [4.78, 5) is 18.8. The van der Waals surface area contributed by atoms with Crippen molar-refractivity contribution in [1.29, 1.82) is 0 Å². The number of ether oxygens (including phenoxy) is 1. The molecule has 32 heavy (non-hydrogen) atoms. The molecule has 0 aliphatic carbocycles. The van der Waals surface area contributed by atoms with Crippen LogP contribution in [-0.2, 0) is 21.0 Å². The van der Waals surface area contributed by atoms with Crippen LogP contribution in [0.4, 0.5) is 0 Å². The third kappa shape index (κ3) is 5.24. The van der Waals surface area contributed by atoms with Gasteiger partial charge in [0.2, 0.25) is 0 Å². The van der Waals surface area contributed by atoms with Crippen molar-refractivity contribution in [2.45, 2.75) is 32.0 Å². The molecule has 4 rings (SSSR count). The topological polar surface area (TPSA) is 59.9 Å². The standard InChI is InChI=1S/C27H28N2O3/c1-2-31-27(30)25-24(29-32-19-20-12-6-3-7-13-20)18-23(21-14-8-4-9-15-21)28-26(25)22-16-10-5-11-17-22/h3-17,23,25-26,28H,2,18-19H2,1H3/b29-24+. The van der Waals surface area contributed by atoms with Crippen molar-refractivity contribution in [1.82, 2.24) is 5.32 Å². The van der Waals surface area contributed by atoms with Gasteiger partial charge in [-0.3, -0.25) is 4.79 Å². The zero-order chi connectivity index (χ0) is 22.2.